The summed E-state index contributed by atoms with van der Waals surface area (Å²) in [4.78, 5) is 30.7. The minimum atomic E-state index is -4.09. The highest BCUT2D eigenvalue weighted by molar-refractivity contribution is 5.72. The van der Waals surface area contributed by atoms with E-state index in [-0.39, 0.29) is 0 Å². The van der Waals surface area contributed by atoms with Crippen LogP contribution in [0.2, 0.25) is 0 Å². The molecule has 0 fully saturated rings. The highest BCUT2D eigenvalue weighted by Gasteiger charge is 2.42. The third-order valence-corrected chi connectivity index (χ3v) is 2.82. The summed E-state index contributed by atoms with van der Waals surface area (Å²) in [7, 11) is 0. The molecule has 0 aliphatic heterocycles. The maximum atomic E-state index is 11.7. The Morgan fingerprint density at radius 2 is 1.14 bits per heavy atom. The number of benzene rings is 1. The van der Waals surface area contributed by atoms with Crippen molar-refractivity contribution in [1.29, 1.82) is 0 Å². The smallest absolute Gasteiger partial charge is 0.258 e. The quantitative estimate of drug-likeness (QED) is 0.622. The van der Waals surface area contributed by atoms with Gasteiger partial charge in [0.2, 0.25) is 0 Å². The number of nitro benzene ring substituents is 3. The molecule has 0 saturated heterocycles. The number of nitrogens with zero attached hydrogens (tertiary/aromatic N) is 3. The van der Waals surface area contributed by atoms with Gasteiger partial charge in [-0.05, 0) is 13.8 Å². The van der Waals surface area contributed by atoms with Crippen LogP contribution in [-0.2, 0) is 5.41 Å². The van der Waals surface area contributed by atoms with Crippen molar-refractivity contribution in [2.24, 2.45) is 0 Å². The Balaban J connectivity index is 4.76. The molecule has 9 heteroatoms. The first-order valence-electron chi connectivity index (χ1n) is 9.77. The van der Waals surface area contributed by atoms with Crippen LogP contribution in [0.15, 0.2) is 0 Å². The van der Waals surface area contributed by atoms with E-state index < -0.39 is 74.5 Å². The molecular formula is C12H15N3O6. The first-order chi connectivity index (χ1) is 13.2. The highest BCUT2D eigenvalue weighted by Crippen LogP contribution is 2.46. The number of hydrogen-bond donors (Lipinski definition) is 0. The fourth-order valence-electron chi connectivity index (χ4n) is 2.08. The van der Waals surface area contributed by atoms with Crippen LogP contribution < -0.4 is 0 Å². The molecular weight excluding hydrogens is 282 g/mol. The van der Waals surface area contributed by atoms with Gasteiger partial charge >= 0.3 is 0 Å². The Hall–Kier alpha value is -2.58. The molecule has 1 aromatic rings. The Bertz CT molecular complexity index is 858. The maximum absolute atomic E-state index is 11.7. The molecule has 0 bridgehead atoms. The van der Waals surface area contributed by atoms with E-state index in [1.54, 1.807) is 0 Å². The highest BCUT2D eigenvalue weighted by atomic mass is 16.6. The first kappa shape index (κ1) is 7.43. The van der Waals surface area contributed by atoms with Crippen molar-refractivity contribution in [2.75, 3.05) is 0 Å². The lowest BCUT2D eigenvalue weighted by Crippen LogP contribution is -2.19. The summed E-state index contributed by atoms with van der Waals surface area (Å²) in [5, 5.41) is 34.9. The van der Waals surface area contributed by atoms with Crippen molar-refractivity contribution in [1.82, 2.24) is 0 Å². The molecule has 0 radical (unpaired) electrons. The lowest BCUT2D eigenvalue weighted by Gasteiger charge is -2.20. The molecule has 0 unspecified atom stereocenters. The van der Waals surface area contributed by atoms with E-state index in [0.29, 0.717) is 0 Å². The van der Waals surface area contributed by atoms with E-state index in [9.17, 15) is 30.3 Å². The second-order valence-corrected chi connectivity index (χ2v) is 4.19. The lowest BCUT2D eigenvalue weighted by molar-refractivity contribution is -0.406. The molecule has 114 valence electrons. The topological polar surface area (TPSA) is 129 Å². The summed E-state index contributed by atoms with van der Waals surface area (Å²) in [6.07, 6.45) is 0. The summed E-state index contributed by atoms with van der Waals surface area (Å²) in [6, 6.07) is 0. The zero-order chi connectivity index (χ0) is 24.2. The predicted molar refractivity (Wildman–Crippen MR) is 74.6 cm³/mol. The van der Waals surface area contributed by atoms with Gasteiger partial charge in [-0.1, -0.05) is 20.6 Å². The van der Waals surface area contributed by atoms with Crippen molar-refractivity contribution < 1.29 is 27.1 Å². The predicted octanol–water partition coefficient (Wildman–Crippen LogP) is 3.33. The largest absolute Gasteiger partial charge is 0.289 e. The third-order valence-electron chi connectivity index (χ3n) is 2.82. The van der Waals surface area contributed by atoms with Crippen LogP contribution in [0.25, 0.3) is 0 Å². The average Bonchev–Trinajstić information content (AvgIpc) is 2.40. The maximum Gasteiger partial charge on any atom is 0.289 e. The molecule has 0 heterocycles. The molecule has 1 rings (SSSR count). The van der Waals surface area contributed by atoms with E-state index >= 15 is 0 Å². The van der Waals surface area contributed by atoms with Crippen molar-refractivity contribution in [2.45, 2.75) is 39.8 Å². The van der Waals surface area contributed by atoms with Crippen molar-refractivity contribution >= 4 is 17.1 Å². The Labute approximate surface area is 132 Å². The minimum absolute atomic E-state index is 0.750. The standard InChI is InChI=1S/C12H15N3O6/c1-6-9(13(16)17)7(2)11(15(20)21)8(12(3,4)5)10(6)14(18)19/h1-5H3/i3D3,4D3,5D3. The van der Waals surface area contributed by atoms with Gasteiger partial charge in [0.25, 0.3) is 17.1 Å². The molecule has 0 N–H and O–H groups in total. The monoisotopic (exact) mass is 306 g/mol. The van der Waals surface area contributed by atoms with E-state index in [0.717, 1.165) is 13.8 Å². The SMILES string of the molecule is [2H]C([2H])([2H])C(c1c([N+](=O)[O-])c(C)c([N+](=O)[O-])c(C)c1[N+](=O)[O-])(C([2H])([2H])[2H])C([2H])([2H])[2H]. The molecule has 9 nitrogen and oxygen atoms in total. The summed E-state index contributed by atoms with van der Waals surface area (Å²) in [5.74, 6) is 0. The molecule has 0 aromatic heterocycles. The summed E-state index contributed by atoms with van der Waals surface area (Å²) in [5.41, 5.74) is -12.0. The van der Waals surface area contributed by atoms with Crippen LogP contribution >= 0.6 is 0 Å². The fraction of sp³-hybridized carbons (Fsp3) is 0.500. The molecule has 0 atom stereocenters. The van der Waals surface area contributed by atoms with Crippen molar-refractivity contribution in [3.05, 3.63) is 47.0 Å². The fourth-order valence-corrected chi connectivity index (χ4v) is 2.08. The Morgan fingerprint density at radius 1 is 0.810 bits per heavy atom. The van der Waals surface area contributed by atoms with E-state index in [1.807, 2.05) is 0 Å². The van der Waals surface area contributed by atoms with Gasteiger partial charge in [0.15, 0.2) is 0 Å². The number of nitro groups is 3. The van der Waals surface area contributed by atoms with E-state index in [4.69, 9.17) is 12.3 Å². The number of rotatable bonds is 3. The van der Waals surface area contributed by atoms with Gasteiger partial charge in [0.05, 0.1) is 14.8 Å². The summed E-state index contributed by atoms with van der Waals surface area (Å²) >= 11 is 0. The lowest BCUT2D eigenvalue weighted by atomic mass is 9.81. The van der Waals surface area contributed by atoms with E-state index in [1.165, 1.54) is 0 Å². The van der Waals surface area contributed by atoms with Crippen LogP contribution in [0.3, 0.4) is 0 Å². The summed E-state index contributed by atoms with van der Waals surface area (Å²) < 4.78 is 69.1. The molecule has 1 aromatic carbocycles. The molecule has 0 aliphatic carbocycles. The van der Waals surface area contributed by atoms with Gasteiger partial charge in [-0.25, -0.2) is 0 Å². The second kappa shape index (κ2) is 5.08. The molecule has 0 aliphatic rings. The van der Waals surface area contributed by atoms with Crippen molar-refractivity contribution in [3.8, 4) is 0 Å². The van der Waals surface area contributed by atoms with Crippen LogP contribution in [0, 0.1) is 44.2 Å². The zero-order valence-corrected chi connectivity index (χ0v) is 10.8. The molecule has 21 heavy (non-hydrogen) atoms. The van der Waals surface area contributed by atoms with Gasteiger partial charge in [-0.15, -0.1) is 0 Å². The van der Waals surface area contributed by atoms with Crippen LogP contribution in [0.5, 0.6) is 0 Å². The molecule has 0 saturated carbocycles. The average molecular weight is 306 g/mol. The summed E-state index contributed by atoms with van der Waals surface area (Å²) in [6.45, 7) is -10.6. The van der Waals surface area contributed by atoms with Crippen LogP contribution in [0.4, 0.5) is 17.1 Å². The molecule has 0 amide bonds. The number of hydrogen-bond acceptors (Lipinski definition) is 6. The van der Waals surface area contributed by atoms with Crippen molar-refractivity contribution in [3.63, 3.8) is 0 Å². The third kappa shape index (κ3) is 2.67. The van der Waals surface area contributed by atoms with Gasteiger partial charge in [-0.3, -0.25) is 30.3 Å². The Kier molecular flexibility index (Phi) is 1.80. The second-order valence-electron chi connectivity index (χ2n) is 4.19. The van der Waals surface area contributed by atoms with Gasteiger partial charge in [0.1, 0.15) is 16.7 Å². The van der Waals surface area contributed by atoms with Crippen LogP contribution in [0.1, 0.15) is 49.6 Å². The Morgan fingerprint density at radius 3 is 1.38 bits per heavy atom. The van der Waals surface area contributed by atoms with Crippen LogP contribution in [-0.4, -0.2) is 14.8 Å². The first-order valence-corrected chi connectivity index (χ1v) is 5.27. The normalized spacial score (nSPS) is 19.4. The molecule has 0 spiro atoms. The van der Waals surface area contributed by atoms with Gasteiger partial charge < -0.3 is 0 Å². The minimum Gasteiger partial charge on any atom is -0.258 e. The van der Waals surface area contributed by atoms with Gasteiger partial charge in [0, 0.05) is 17.8 Å². The van der Waals surface area contributed by atoms with Gasteiger partial charge in [-0.2, -0.15) is 0 Å². The van der Waals surface area contributed by atoms with E-state index in [2.05, 4.69) is 0 Å². The zero-order valence-electron chi connectivity index (χ0n) is 19.8.